The second kappa shape index (κ2) is 4.74. The zero-order valence-corrected chi connectivity index (χ0v) is 10.5. The molecule has 0 N–H and O–H groups in total. The van der Waals surface area contributed by atoms with E-state index in [-0.39, 0.29) is 5.76 Å². The highest BCUT2D eigenvalue weighted by molar-refractivity contribution is 9.10. The van der Waals surface area contributed by atoms with Crippen molar-refractivity contribution in [2.24, 2.45) is 0 Å². The molecular weight excluding hydrogens is 320 g/mol. The van der Waals surface area contributed by atoms with E-state index in [2.05, 4.69) is 15.9 Å². The summed E-state index contributed by atoms with van der Waals surface area (Å²) in [4.78, 5) is 0. The van der Waals surface area contributed by atoms with Gasteiger partial charge in [0, 0.05) is 17.7 Å². The average Bonchev–Trinajstić information content (AvgIpc) is 2.63. The standard InChI is InChI=1S/C11H5BrClF3O/c12-9-2-1-8(17-9)11(13)10-6(15)3-5(14)4-7(10)16/h1-4,11H. The molecule has 0 radical (unpaired) electrons. The van der Waals surface area contributed by atoms with E-state index >= 15 is 0 Å². The van der Waals surface area contributed by atoms with Crippen molar-refractivity contribution in [3.8, 4) is 0 Å². The number of hydrogen-bond donors (Lipinski definition) is 0. The maximum atomic E-state index is 13.4. The lowest BCUT2D eigenvalue weighted by molar-refractivity contribution is 0.475. The number of furan rings is 1. The van der Waals surface area contributed by atoms with Gasteiger partial charge in [0.2, 0.25) is 0 Å². The third kappa shape index (κ3) is 2.50. The predicted octanol–water partition coefficient (Wildman–Crippen LogP) is 4.79. The van der Waals surface area contributed by atoms with Crippen LogP contribution >= 0.6 is 27.5 Å². The lowest BCUT2D eigenvalue weighted by atomic mass is 10.1. The maximum absolute atomic E-state index is 13.4. The highest BCUT2D eigenvalue weighted by Crippen LogP contribution is 2.34. The largest absolute Gasteiger partial charge is 0.452 e. The van der Waals surface area contributed by atoms with Gasteiger partial charge in [0.25, 0.3) is 0 Å². The second-order valence-corrected chi connectivity index (χ2v) is 4.51. The van der Waals surface area contributed by atoms with E-state index in [0.29, 0.717) is 16.8 Å². The monoisotopic (exact) mass is 324 g/mol. The summed E-state index contributed by atoms with van der Waals surface area (Å²) in [7, 11) is 0. The van der Waals surface area contributed by atoms with Gasteiger partial charge in [-0.1, -0.05) is 0 Å². The fourth-order valence-corrected chi connectivity index (χ4v) is 2.05. The van der Waals surface area contributed by atoms with E-state index < -0.39 is 28.4 Å². The Labute approximate surface area is 108 Å². The summed E-state index contributed by atoms with van der Waals surface area (Å²) < 4.78 is 45.1. The number of hydrogen-bond acceptors (Lipinski definition) is 1. The molecule has 90 valence electrons. The average molecular weight is 326 g/mol. The van der Waals surface area contributed by atoms with Crippen LogP contribution in [-0.4, -0.2) is 0 Å². The molecule has 1 heterocycles. The van der Waals surface area contributed by atoms with E-state index in [9.17, 15) is 13.2 Å². The molecule has 2 rings (SSSR count). The van der Waals surface area contributed by atoms with Gasteiger partial charge in [-0.05, 0) is 28.1 Å². The van der Waals surface area contributed by atoms with Crippen LogP contribution in [0, 0.1) is 17.5 Å². The van der Waals surface area contributed by atoms with E-state index in [1.54, 1.807) is 6.07 Å². The first-order valence-corrected chi connectivity index (χ1v) is 5.75. The van der Waals surface area contributed by atoms with Crippen LogP contribution < -0.4 is 0 Å². The van der Waals surface area contributed by atoms with Gasteiger partial charge in [-0.15, -0.1) is 11.6 Å². The molecule has 2 aromatic rings. The summed E-state index contributed by atoms with van der Waals surface area (Å²) in [6.07, 6.45) is 0. The first kappa shape index (κ1) is 12.5. The lowest BCUT2D eigenvalue weighted by Crippen LogP contribution is -2.01. The highest BCUT2D eigenvalue weighted by atomic mass is 79.9. The van der Waals surface area contributed by atoms with E-state index in [0.717, 1.165) is 0 Å². The number of alkyl halides is 1. The molecule has 0 fully saturated rings. The van der Waals surface area contributed by atoms with Crippen molar-refractivity contribution in [3.63, 3.8) is 0 Å². The molecule has 1 aromatic carbocycles. The minimum Gasteiger partial charge on any atom is -0.452 e. The van der Waals surface area contributed by atoms with Gasteiger partial charge in [-0.3, -0.25) is 0 Å². The summed E-state index contributed by atoms with van der Waals surface area (Å²) in [5.74, 6) is -2.92. The van der Waals surface area contributed by atoms with E-state index in [4.69, 9.17) is 16.0 Å². The van der Waals surface area contributed by atoms with Crippen molar-refractivity contribution in [2.75, 3.05) is 0 Å². The third-order valence-electron chi connectivity index (χ3n) is 2.14. The molecule has 1 nitrogen and oxygen atoms in total. The van der Waals surface area contributed by atoms with E-state index in [1.165, 1.54) is 6.07 Å². The Balaban J connectivity index is 2.47. The van der Waals surface area contributed by atoms with Crippen LogP contribution in [0.1, 0.15) is 16.7 Å². The van der Waals surface area contributed by atoms with Crippen molar-refractivity contribution < 1.29 is 17.6 Å². The Hall–Kier alpha value is -0.940. The predicted molar refractivity (Wildman–Crippen MR) is 60.4 cm³/mol. The molecule has 0 saturated heterocycles. The molecule has 1 unspecified atom stereocenters. The Morgan fingerprint density at radius 2 is 1.71 bits per heavy atom. The van der Waals surface area contributed by atoms with Gasteiger partial charge in [0.15, 0.2) is 4.67 Å². The van der Waals surface area contributed by atoms with Crippen molar-refractivity contribution in [3.05, 3.63) is 57.7 Å². The SMILES string of the molecule is Fc1cc(F)c(C(Cl)c2ccc(Br)o2)c(F)c1. The zero-order chi connectivity index (χ0) is 12.6. The summed E-state index contributed by atoms with van der Waals surface area (Å²) in [6, 6.07) is 4.17. The van der Waals surface area contributed by atoms with Gasteiger partial charge in [0.1, 0.15) is 28.6 Å². The first-order valence-electron chi connectivity index (χ1n) is 4.53. The van der Waals surface area contributed by atoms with Gasteiger partial charge in [0.05, 0.1) is 0 Å². The molecule has 0 aliphatic rings. The molecular formula is C11H5BrClF3O. The molecule has 1 atom stereocenters. The zero-order valence-electron chi connectivity index (χ0n) is 8.18. The van der Waals surface area contributed by atoms with Gasteiger partial charge >= 0.3 is 0 Å². The molecule has 0 aliphatic carbocycles. The molecule has 17 heavy (non-hydrogen) atoms. The summed E-state index contributed by atoms with van der Waals surface area (Å²) >= 11 is 8.94. The van der Waals surface area contributed by atoms with Crippen LogP contribution in [0.5, 0.6) is 0 Å². The van der Waals surface area contributed by atoms with Crippen LogP contribution in [0.4, 0.5) is 13.2 Å². The maximum Gasteiger partial charge on any atom is 0.169 e. The Morgan fingerprint density at radius 3 is 2.18 bits per heavy atom. The molecule has 6 heteroatoms. The minimum atomic E-state index is -1.15. The van der Waals surface area contributed by atoms with Crippen LogP contribution in [0.2, 0.25) is 0 Å². The van der Waals surface area contributed by atoms with Crippen molar-refractivity contribution in [1.29, 1.82) is 0 Å². The smallest absolute Gasteiger partial charge is 0.169 e. The normalized spacial score (nSPS) is 12.8. The second-order valence-electron chi connectivity index (χ2n) is 3.29. The molecule has 0 spiro atoms. The number of benzene rings is 1. The third-order valence-corrected chi connectivity index (χ3v) is 3.00. The van der Waals surface area contributed by atoms with Gasteiger partial charge in [-0.25, -0.2) is 13.2 Å². The Kier molecular flexibility index (Phi) is 3.49. The molecule has 0 saturated carbocycles. The van der Waals surface area contributed by atoms with E-state index in [1.807, 2.05) is 0 Å². The van der Waals surface area contributed by atoms with Crippen molar-refractivity contribution >= 4 is 27.5 Å². The fraction of sp³-hybridized carbons (Fsp3) is 0.0909. The molecule has 1 aromatic heterocycles. The topological polar surface area (TPSA) is 13.1 Å². The van der Waals surface area contributed by atoms with Crippen LogP contribution in [0.15, 0.2) is 33.4 Å². The Morgan fingerprint density at radius 1 is 1.12 bits per heavy atom. The first-order chi connectivity index (χ1) is 7.99. The van der Waals surface area contributed by atoms with Crippen LogP contribution in [0.25, 0.3) is 0 Å². The van der Waals surface area contributed by atoms with Gasteiger partial charge in [-0.2, -0.15) is 0 Å². The quantitative estimate of drug-likeness (QED) is 0.724. The summed E-state index contributed by atoms with van der Waals surface area (Å²) in [5.41, 5.74) is -0.435. The number of halogens is 5. The highest BCUT2D eigenvalue weighted by Gasteiger charge is 2.23. The van der Waals surface area contributed by atoms with Crippen LogP contribution in [-0.2, 0) is 0 Å². The Bertz CT molecular complexity index is 532. The number of rotatable bonds is 2. The minimum absolute atomic E-state index is 0.169. The summed E-state index contributed by atoms with van der Waals surface area (Å²) in [6.45, 7) is 0. The molecule has 0 bridgehead atoms. The molecule has 0 amide bonds. The van der Waals surface area contributed by atoms with Gasteiger partial charge < -0.3 is 4.42 Å². The summed E-state index contributed by atoms with van der Waals surface area (Å²) in [5, 5.41) is -1.15. The van der Waals surface area contributed by atoms with Crippen molar-refractivity contribution in [1.82, 2.24) is 0 Å². The molecule has 0 aliphatic heterocycles. The fourth-order valence-electron chi connectivity index (χ4n) is 1.40. The van der Waals surface area contributed by atoms with Crippen LogP contribution in [0.3, 0.4) is 0 Å². The van der Waals surface area contributed by atoms with Crippen molar-refractivity contribution in [2.45, 2.75) is 5.38 Å². The lowest BCUT2D eigenvalue weighted by Gasteiger charge is -2.09.